The van der Waals surface area contributed by atoms with Crippen LogP contribution in [-0.2, 0) is 6.54 Å². The standard InChI is InChI=1S/C25H26BrN5O/c1-16-11-28-25(30-24(16)22-12-27-23-9-18(26)7-8-21(22)23)29-19-10-20(32)15-31(14-19)13-17-5-3-2-4-6-17/h2-9,11-12,19-20,27,32H,10,13-15H2,1H3,(H,28,29,30)/t19-,20+/m0/s1. The van der Waals surface area contributed by atoms with Crippen LogP contribution in [0.5, 0.6) is 0 Å². The number of β-amino-alcohol motifs (C(OH)–C–C–N with tert-alkyl or cyclic N) is 1. The summed E-state index contributed by atoms with van der Waals surface area (Å²) in [5, 5.41) is 15.1. The molecule has 0 radical (unpaired) electrons. The third-order valence-electron chi connectivity index (χ3n) is 5.96. The Morgan fingerprint density at radius 1 is 1.19 bits per heavy atom. The Labute approximate surface area is 195 Å². The maximum Gasteiger partial charge on any atom is 0.223 e. The Morgan fingerprint density at radius 3 is 2.88 bits per heavy atom. The van der Waals surface area contributed by atoms with Gasteiger partial charge in [-0.3, -0.25) is 4.90 Å². The van der Waals surface area contributed by atoms with Crippen molar-refractivity contribution in [2.45, 2.75) is 32.0 Å². The van der Waals surface area contributed by atoms with Crippen LogP contribution in [0.15, 0.2) is 65.4 Å². The average Bonchev–Trinajstić information content (AvgIpc) is 3.18. The lowest BCUT2D eigenvalue weighted by Crippen LogP contribution is -2.48. The van der Waals surface area contributed by atoms with Crippen molar-refractivity contribution < 1.29 is 5.11 Å². The van der Waals surface area contributed by atoms with E-state index < -0.39 is 0 Å². The number of nitrogens with one attached hydrogen (secondary N) is 2. The number of halogens is 1. The third kappa shape index (κ3) is 4.55. The summed E-state index contributed by atoms with van der Waals surface area (Å²) in [6, 6.07) is 16.7. The lowest BCUT2D eigenvalue weighted by Gasteiger charge is -2.36. The van der Waals surface area contributed by atoms with Crippen LogP contribution in [0.25, 0.3) is 22.2 Å². The van der Waals surface area contributed by atoms with E-state index in [-0.39, 0.29) is 12.1 Å². The minimum atomic E-state index is -0.373. The molecule has 164 valence electrons. The van der Waals surface area contributed by atoms with Gasteiger partial charge < -0.3 is 15.4 Å². The van der Waals surface area contributed by atoms with Gasteiger partial charge in [0.25, 0.3) is 0 Å². The smallest absolute Gasteiger partial charge is 0.223 e. The van der Waals surface area contributed by atoms with Gasteiger partial charge in [0.1, 0.15) is 0 Å². The summed E-state index contributed by atoms with van der Waals surface area (Å²) in [6.07, 6.45) is 4.17. The van der Waals surface area contributed by atoms with Crippen LogP contribution < -0.4 is 5.32 Å². The van der Waals surface area contributed by atoms with E-state index in [2.05, 4.69) is 72.5 Å². The molecule has 3 heterocycles. The third-order valence-corrected chi connectivity index (χ3v) is 6.45. The second-order valence-electron chi connectivity index (χ2n) is 8.53. The molecule has 6 nitrogen and oxygen atoms in total. The highest BCUT2D eigenvalue weighted by atomic mass is 79.9. The van der Waals surface area contributed by atoms with Crippen molar-refractivity contribution in [3.8, 4) is 11.3 Å². The quantitative estimate of drug-likeness (QED) is 0.375. The van der Waals surface area contributed by atoms with E-state index in [0.29, 0.717) is 18.9 Å². The number of aliphatic hydroxyl groups is 1. The van der Waals surface area contributed by atoms with Gasteiger partial charge >= 0.3 is 0 Å². The molecule has 5 rings (SSSR count). The predicted molar refractivity (Wildman–Crippen MR) is 132 cm³/mol. The second-order valence-corrected chi connectivity index (χ2v) is 9.44. The number of rotatable bonds is 5. The number of H-pyrrole nitrogens is 1. The maximum absolute atomic E-state index is 10.5. The number of anilines is 1. The minimum absolute atomic E-state index is 0.0805. The summed E-state index contributed by atoms with van der Waals surface area (Å²) in [4.78, 5) is 15.0. The first-order chi connectivity index (χ1) is 15.5. The molecule has 0 saturated carbocycles. The zero-order valence-electron chi connectivity index (χ0n) is 17.9. The number of aliphatic hydroxyl groups excluding tert-OH is 1. The van der Waals surface area contributed by atoms with E-state index in [0.717, 1.165) is 45.3 Å². The molecule has 2 aromatic carbocycles. The Bertz CT molecular complexity index is 1230. The number of nitrogens with zero attached hydrogens (tertiary/aromatic N) is 3. The van der Waals surface area contributed by atoms with Gasteiger partial charge in [-0.15, -0.1) is 0 Å². The largest absolute Gasteiger partial charge is 0.392 e. The van der Waals surface area contributed by atoms with Crippen LogP contribution in [0.2, 0.25) is 0 Å². The molecule has 0 bridgehead atoms. The number of aromatic amines is 1. The maximum atomic E-state index is 10.5. The molecule has 1 aliphatic rings. The molecule has 0 amide bonds. The summed E-state index contributed by atoms with van der Waals surface area (Å²) in [5.74, 6) is 0.593. The van der Waals surface area contributed by atoms with E-state index >= 15 is 0 Å². The van der Waals surface area contributed by atoms with Gasteiger partial charge in [-0.25, -0.2) is 9.97 Å². The molecule has 0 spiro atoms. The first kappa shape index (κ1) is 21.1. The highest BCUT2D eigenvalue weighted by Crippen LogP contribution is 2.31. The SMILES string of the molecule is Cc1cnc(N[C@H]2C[C@@H](O)CN(Cc3ccccc3)C2)nc1-c1c[nH]c2cc(Br)ccc12. The Morgan fingerprint density at radius 2 is 2.03 bits per heavy atom. The van der Waals surface area contributed by atoms with Crippen molar-refractivity contribution in [3.63, 3.8) is 0 Å². The Kier molecular flexibility index (Phi) is 5.95. The first-order valence-electron chi connectivity index (χ1n) is 10.9. The van der Waals surface area contributed by atoms with Crippen LogP contribution in [0, 0.1) is 6.92 Å². The van der Waals surface area contributed by atoms with Crippen molar-refractivity contribution in [1.82, 2.24) is 19.9 Å². The normalized spacial score (nSPS) is 19.3. The predicted octanol–water partition coefficient (Wildman–Crippen LogP) is 4.74. The summed E-state index contributed by atoms with van der Waals surface area (Å²) in [5.41, 5.74) is 5.31. The zero-order valence-corrected chi connectivity index (χ0v) is 19.5. The molecule has 32 heavy (non-hydrogen) atoms. The molecule has 7 heteroatoms. The van der Waals surface area contributed by atoms with E-state index in [4.69, 9.17) is 4.98 Å². The number of hydrogen-bond donors (Lipinski definition) is 3. The number of benzene rings is 2. The first-order valence-corrected chi connectivity index (χ1v) is 11.7. The minimum Gasteiger partial charge on any atom is -0.392 e. The highest BCUT2D eigenvalue weighted by Gasteiger charge is 2.26. The Balaban J connectivity index is 1.36. The van der Waals surface area contributed by atoms with Crippen molar-refractivity contribution in [1.29, 1.82) is 0 Å². The van der Waals surface area contributed by atoms with Gasteiger partial charge in [-0.1, -0.05) is 52.3 Å². The zero-order chi connectivity index (χ0) is 22.1. The fourth-order valence-corrected chi connectivity index (χ4v) is 4.86. The molecule has 1 aliphatic heterocycles. The number of piperidine rings is 1. The van der Waals surface area contributed by atoms with Gasteiger partial charge in [-0.2, -0.15) is 0 Å². The summed E-state index contributed by atoms with van der Waals surface area (Å²) in [7, 11) is 0. The number of likely N-dealkylation sites (tertiary alicyclic amines) is 1. The molecule has 3 N–H and O–H groups in total. The fourth-order valence-electron chi connectivity index (χ4n) is 4.50. The number of aryl methyl sites for hydroxylation is 1. The van der Waals surface area contributed by atoms with Crippen molar-refractivity contribution in [3.05, 3.63) is 76.5 Å². The van der Waals surface area contributed by atoms with Crippen LogP contribution in [0.4, 0.5) is 5.95 Å². The van der Waals surface area contributed by atoms with Crippen LogP contribution in [0.3, 0.4) is 0 Å². The number of aromatic nitrogens is 3. The summed E-state index contributed by atoms with van der Waals surface area (Å²) >= 11 is 3.53. The summed E-state index contributed by atoms with van der Waals surface area (Å²) < 4.78 is 1.04. The fraction of sp³-hybridized carbons (Fsp3) is 0.280. The van der Waals surface area contributed by atoms with Gasteiger partial charge in [0.2, 0.25) is 5.95 Å². The van der Waals surface area contributed by atoms with Crippen molar-refractivity contribution in [2.24, 2.45) is 0 Å². The lowest BCUT2D eigenvalue weighted by atomic mass is 10.0. The van der Waals surface area contributed by atoms with E-state index in [1.54, 1.807) is 0 Å². The van der Waals surface area contributed by atoms with Crippen molar-refractivity contribution >= 4 is 32.8 Å². The topological polar surface area (TPSA) is 77.1 Å². The van der Waals surface area contributed by atoms with Crippen LogP contribution >= 0.6 is 15.9 Å². The number of hydrogen-bond acceptors (Lipinski definition) is 5. The molecule has 1 fully saturated rings. The Hall–Kier alpha value is -2.74. The van der Waals surface area contributed by atoms with E-state index in [9.17, 15) is 5.11 Å². The van der Waals surface area contributed by atoms with E-state index in [1.807, 2.05) is 31.5 Å². The molecule has 2 aromatic heterocycles. The molecular formula is C25H26BrN5O. The number of fused-ring (bicyclic) bond motifs is 1. The lowest BCUT2D eigenvalue weighted by molar-refractivity contribution is 0.0602. The highest BCUT2D eigenvalue weighted by molar-refractivity contribution is 9.10. The second kappa shape index (κ2) is 9.02. The average molecular weight is 492 g/mol. The van der Waals surface area contributed by atoms with Crippen molar-refractivity contribution in [2.75, 3.05) is 18.4 Å². The molecule has 2 atom stereocenters. The molecule has 0 unspecified atom stereocenters. The molecule has 0 aliphatic carbocycles. The molecular weight excluding hydrogens is 466 g/mol. The van der Waals surface area contributed by atoms with Crippen LogP contribution in [-0.4, -0.2) is 50.2 Å². The van der Waals surface area contributed by atoms with Gasteiger partial charge in [-0.05, 0) is 36.6 Å². The molecule has 1 saturated heterocycles. The van der Waals surface area contributed by atoms with E-state index in [1.165, 1.54) is 5.56 Å². The van der Waals surface area contributed by atoms with Gasteiger partial charge in [0, 0.05) is 59.0 Å². The monoisotopic (exact) mass is 491 g/mol. The van der Waals surface area contributed by atoms with Gasteiger partial charge in [0.15, 0.2) is 0 Å². The molecule has 4 aromatic rings. The van der Waals surface area contributed by atoms with Crippen LogP contribution in [0.1, 0.15) is 17.5 Å². The van der Waals surface area contributed by atoms with Gasteiger partial charge in [0.05, 0.1) is 11.8 Å². The summed E-state index contributed by atoms with van der Waals surface area (Å²) in [6.45, 7) is 4.36.